The molecule has 1 aromatic heterocycles. The number of nitrogens with zero attached hydrogens (tertiary/aromatic N) is 2. The van der Waals surface area contributed by atoms with Crippen molar-refractivity contribution in [3.63, 3.8) is 0 Å². The fraction of sp³-hybridized carbons (Fsp3) is 0.318. The Labute approximate surface area is 172 Å². The molecule has 7 nitrogen and oxygen atoms in total. The molecule has 0 atom stereocenters. The lowest BCUT2D eigenvalue weighted by Crippen LogP contribution is -2.42. The van der Waals surface area contributed by atoms with Crippen molar-refractivity contribution < 1.29 is 9.18 Å². The summed E-state index contributed by atoms with van der Waals surface area (Å²) in [5.74, 6) is -0.384. The van der Waals surface area contributed by atoms with E-state index < -0.39 is 5.69 Å². The van der Waals surface area contributed by atoms with E-state index >= 15 is 0 Å². The van der Waals surface area contributed by atoms with Crippen molar-refractivity contribution in [3.05, 3.63) is 80.7 Å². The molecule has 0 amide bonds. The van der Waals surface area contributed by atoms with Gasteiger partial charge < -0.3 is 16.0 Å². The molecule has 4 rings (SSSR count). The number of likely N-dealkylation sites (tertiary alicyclic amines) is 1. The summed E-state index contributed by atoms with van der Waals surface area (Å²) in [6.07, 6.45) is 1.42. The quantitative estimate of drug-likeness (QED) is 0.626. The number of hydrogen-bond donors (Lipinski definition) is 2. The van der Waals surface area contributed by atoms with Gasteiger partial charge in [-0.05, 0) is 62.3 Å². The third kappa shape index (κ3) is 4.39. The van der Waals surface area contributed by atoms with E-state index in [2.05, 4.69) is 9.88 Å². The third-order valence-corrected chi connectivity index (χ3v) is 5.62. The van der Waals surface area contributed by atoms with Crippen molar-refractivity contribution in [1.82, 2.24) is 20.6 Å². The molecule has 0 aliphatic carbocycles. The van der Waals surface area contributed by atoms with Crippen LogP contribution in [0.5, 0.6) is 0 Å². The van der Waals surface area contributed by atoms with E-state index in [9.17, 15) is 18.8 Å². The second-order valence-corrected chi connectivity index (χ2v) is 7.42. The molecular formula is C22H25FN4O3. The van der Waals surface area contributed by atoms with Gasteiger partial charge in [-0.2, -0.15) is 0 Å². The van der Waals surface area contributed by atoms with Gasteiger partial charge in [0, 0.05) is 24.6 Å². The van der Waals surface area contributed by atoms with Gasteiger partial charge in [-0.1, -0.05) is 12.1 Å². The summed E-state index contributed by atoms with van der Waals surface area (Å²) in [5, 5.41) is 0.496. The molecule has 3 aromatic rings. The number of aromatic amines is 1. The molecule has 1 aliphatic rings. The lowest BCUT2D eigenvalue weighted by molar-refractivity contribution is 0.0837. The highest BCUT2D eigenvalue weighted by molar-refractivity contribution is 5.97. The van der Waals surface area contributed by atoms with Crippen LogP contribution in [0.2, 0.25) is 0 Å². The number of H-pyrrole nitrogens is 1. The zero-order chi connectivity index (χ0) is 20.4. The highest BCUT2D eigenvalue weighted by Gasteiger charge is 2.25. The summed E-state index contributed by atoms with van der Waals surface area (Å²) in [7, 11) is 0. The minimum absolute atomic E-state index is 0. The van der Waals surface area contributed by atoms with Crippen LogP contribution in [0.4, 0.5) is 4.39 Å². The Hall–Kier alpha value is -3.10. The molecular weight excluding hydrogens is 387 g/mol. The Bertz CT molecular complexity index is 1150. The molecule has 0 radical (unpaired) electrons. The van der Waals surface area contributed by atoms with Crippen LogP contribution >= 0.6 is 0 Å². The normalized spacial score (nSPS) is 15.1. The molecule has 8 heteroatoms. The van der Waals surface area contributed by atoms with Gasteiger partial charge in [0.05, 0.1) is 10.9 Å². The molecule has 0 bridgehead atoms. The number of carbonyl (C=O) groups is 1. The largest absolute Gasteiger partial charge is 0.344 e. The van der Waals surface area contributed by atoms with Crippen LogP contribution in [0.1, 0.15) is 23.2 Å². The number of nitrogens with one attached hydrogen (secondary N) is 1. The molecule has 0 unspecified atom stereocenters. The first-order chi connectivity index (χ1) is 14.0. The Morgan fingerprint density at radius 3 is 2.37 bits per heavy atom. The predicted molar refractivity (Wildman–Crippen MR) is 114 cm³/mol. The van der Waals surface area contributed by atoms with Crippen molar-refractivity contribution in [2.45, 2.75) is 19.4 Å². The fourth-order valence-electron chi connectivity index (χ4n) is 3.91. The first-order valence-corrected chi connectivity index (χ1v) is 9.77. The van der Waals surface area contributed by atoms with Crippen LogP contribution in [0.25, 0.3) is 10.9 Å². The summed E-state index contributed by atoms with van der Waals surface area (Å²) in [6, 6.07) is 12.6. The molecule has 1 aliphatic heterocycles. The smallest absolute Gasteiger partial charge is 0.328 e. The Kier molecular flexibility index (Phi) is 6.59. The third-order valence-electron chi connectivity index (χ3n) is 5.62. The van der Waals surface area contributed by atoms with E-state index in [-0.39, 0.29) is 29.2 Å². The van der Waals surface area contributed by atoms with Crippen molar-refractivity contribution in [2.75, 3.05) is 19.6 Å². The van der Waals surface area contributed by atoms with Crippen molar-refractivity contribution in [1.29, 1.82) is 0 Å². The molecule has 2 aromatic carbocycles. The second kappa shape index (κ2) is 9.15. The van der Waals surface area contributed by atoms with Crippen molar-refractivity contribution >= 4 is 16.7 Å². The number of Topliss-reactive ketones (excluding diaryl/α,β-unsaturated/α-hetero) is 1. The molecule has 0 spiro atoms. The van der Waals surface area contributed by atoms with Gasteiger partial charge in [0.1, 0.15) is 5.82 Å². The maximum Gasteiger partial charge on any atom is 0.328 e. The summed E-state index contributed by atoms with van der Waals surface area (Å²) in [4.78, 5) is 42.4. The molecule has 30 heavy (non-hydrogen) atoms. The van der Waals surface area contributed by atoms with Crippen molar-refractivity contribution in [3.8, 4) is 0 Å². The number of fused-ring (bicyclic) bond motifs is 1. The number of hydrogen-bond acceptors (Lipinski definition) is 5. The van der Waals surface area contributed by atoms with Crippen LogP contribution in [0.15, 0.2) is 58.1 Å². The van der Waals surface area contributed by atoms with E-state index in [1.807, 2.05) is 0 Å². The fourth-order valence-corrected chi connectivity index (χ4v) is 3.91. The Morgan fingerprint density at radius 2 is 1.67 bits per heavy atom. The van der Waals surface area contributed by atoms with Crippen LogP contribution in [-0.4, -0.2) is 39.9 Å². The second-order valence-electron chi connectivity index (χ2n) is 7.42. The topological polar surface area (TPSA) is 110 Å². The average molecular weight is 412 g/mol. The summed E-state index contributed by atoms with van der Waals surface area (Å²) in [6.45, 7) is 2.31. The van der Waals surface area contributed by atoms with Gasteiger partial charge in [-0.25, -0.2) is 9.18 Å². The predicted octanol–water partition coefficient (Wildman–Crippen LogP) is 2.59. The van der Waals surface area contributed by atoms with Gasteiger partial charge in [-0.15, -0.1) is 0 Å². The van der Waals surface area contributed by atoms with Gasteiger partial charge >= 0.3 is 5.69 Å². The summed E-state index contributed by atoms with van der Waals surface area (Å²) in [5.41, 5.74) is 0.388. The Balaban J connectivity index is 0.00000256. The van der Waals surface area contributed by atoms with E-state index in [0.29, 0.717) is 42.4 Å². The molecule has 1 saturated heterocycles. The standard InChI is InChI=1S/C22H22FN3O3.H3N/c23-17-7-5-15(6-8-17)20(27)16-9-11-25(12-10-16)13-14-26-21(28)18-3-1-2-4-19(18)24-22(26)29;/h1-8,16H,9-14H2,(H,24,29);1H3. The first-order valence-electron chi connectivity index (χ1n) is 9.77. The monoisotopic (exact) mass is 412 g/mol. The maximum absolute atomic E-state index is 13.0. The van der Waals surface area contributed by atoms with Crippen LogP contribution < -0.4 is 17.4 Å². The van der Waals surface area contributed by atoms with Crippen LogP contribution in [0.3, 0.4) is 0 Å². The molecule has 4 N–H and O–H groups in total. The van der Waals surface area contributed by atoms with Crippen molar-refractivity contribution in [2.24, 2.45) is 5.92 Å². The van der Waals surface area contributed by atoms with Gasteiger partial charge in [-0.3, -0.25) is 14.2 Å². The van der Waals surface area contributed by atoms with Crippen LogP contribution in [0, 0.1) is 11.7 Å². The van der Waals surface area contributed by atoms with E-state index in [1.165, 1.54) is 28.8 Å². The zero-order valence-electron chi connectivity index (χ0n) is 16.6. The summed E-state index contributed by atoms with van der Waals surface area (Å²) < 4.78 is 14.3. The van der Waals surface area contributed by atoms with Crippen LogP contribution in [-0.2, 0) is 6.54 Å². The Morgan fingerprint density at radius 1 is 1.00 bits per heavy atom. The number of rotatable bonds is 5. The summed E-state index contributed by atoms with van der Waals surface area (Å²) >= 11 is 0. The van der Waals surface area contributed by atoms with E-state index in [0.717, 1.165) is 13.1 Å². The lowest BCUT2D eigenvalue weighted by atomic mass is 9.89. The number of piperidine rings is 1. The zero-order valence-corrected chi connectivity index (χ0v) is 16.6. The SMILES string of the molecule is N.O=C(c1ccc(F)cc1)C1CCN(CCn2c(=O)[nH]c3ccccc3c2=O)CC1. The number of ketones is 1. The maximum atomic E-state index is 13.0. The van der Waals surface area contributed by atoms with Gasteiger partial charge in [0.15, 0.2) is 5.78 Å². The minimum atomic E-state index is -0.407. The van der Waals surface area contributed by atoms with E-state index in [1.54, 1.807) is 24.3 Å². The van der Waals surface area contributed by atoms with E-state index in [4.69, 9.17) is 0 Å². The highest BCUT2D eigenvalue weighted by Crippen LogP contribution is 2.22. The minimum Gasteiger partial charge on any atom is -0.344 e. The highest BCUT2D eigenvalue weighted by atomic mass is 19.1. The first kappa shape index (κ1) is 21.6. The number of halogens is 1. The molecule has 0 saturated carbocycles. The van der Waals surface area contributed by atoms with Gasteiger partial charge in [0.2, 0.25) is 0 Å². The number of benzene rings is 2. The number of aromatic nitrogens is 2. The van der Waals surface area contributed by atoms with Gasteiger partial charge in [0.25, 0.3) is 5.56 Å². The molecule has 158 valence electrons. The molecule has 1 fully saturated rings. The average Bonchev–Trinajstić information content (AvgIpc) is 2.74. The molecule has 2 heterocycles. The number of carbonyl (C=O) groups excluding carboxylic acids is 1. The lowest BCUT2D eigenvalue weighted by Gasteiger charge is -2.31. The number of para-hydroxylation sites is 1.